The highest BCUT2D eigenvalue weighted by molar-refractivity contribution is 6.45. The first-order chi connectivity index (χ1) is 13.2. The summed E-state index contributed by atoms with van der Waals surface area (Å²) in [6, 6.07) is 11.5. The van der Waals surface area contributed by atoms with E-state index in [-0.39, 0.29) is 7.05 Å². The highest BCUT2D eigenvalue weighted by Crippen LogP contribution is 2.28. The zero-order chi connectivity index (χ0) is 18.6. The molecule has 2 aromatic rings. The first kappa shape index (κ1) is 18.4. The average Bonchev–Trinajstić information content (AvgIpc) is 3.13. The molecule has 27 heavy (non-hydrogen) atoms. The lowest BCUT2D eigenvalue weighted by Crippen LogP contribution is -2.49. The van der Waals surface area contributed by atoms with E-state index in [9.17, 15) is 5.02 Å². The highest BCUT2D eigenvalue weighted by Gasteiger charge is 2.31. The Bertz CT molecular complexity index is 717. The predicted molar refractivity (Wildman–Crippen MR) is 110 cm³/mol. The maximum atomic E-state index is 10.1. The fourth-order valence-electron chi connectivity index (χ4n) is 4.75. The Morgan fingerprint density at radius 2 is 1.81 bits per heavy atom. The minimum Gasteiger partial charge on any atom is -0.437 e. The Morgan fingerprint density at radius 3 is 2.48 bits per heavy atom. The molecular weight excluding hydrogens is 335 g/mol. The van der Waals surface area contributed by atoms with Crippen molar-refractivity contribution in [3.63, 3.8) is 0 Å². The van der Waals surface area contributed by atoms with Crippen LogP contribution in [0.4, 0.5) is 5.95 Å². The Hall–Kier alpha value is -1.92. The zero-order valence-electron chi connectivity index (χ0n) is 16.2. The lowest BCUT2D eigenvalue weighted by molar-refractivity contribution is 0.215. The van der Waals surface area contributed by atoms with Crippen molar-refractivity contribution in [1.82, 2.24) is 14.8 Å². The van der Waals surface area contributed by atoms with E-state index in [0.29, 0.717) is 12.1 Å². The maximum absolute atomic E-state index is 10.1. The summed E-state index contributed by atoms with van der Waals surface area (Å²) in [5.41, 5.74) is 2.90. The lowest BCUT2D eigenvalue weighted by Gasteiger charge is -2.38. The van der Waals surface area contributed by atoms with Gasteiger partial charge in [-0.1, -0.05) is 30.7 Å². The maximum Gasteiger partial charge on any atom is 0.376 e. The first-order valence-electron chi connectivity index (χ1n) is 10.3. The predicted octanol–water partition coefficient (Wildman–Crippen LogP) is 2.81. The number of anilines is 1. The Morgan fingerprint density at radius 1 is 1.11 bits per heavy atom. The van der Waals surface area contributed by atoms with Crippen LogP contribution < -0.4 is 4.90 Å². The quantitative estimate of drug-likeness (QED) is 0.799. The van der Waals surface area contributed by atoms with Crippen molar-refractivity contribution in [2.24, 2.45) is 0 Å². The van der Waals surface area contributed by atoms with Crippen LogP contribution in [0.15, 0.2) is 42.7 Å². The minimum absolute atomic E-state index is 0.368. The molecule has 1 aliphatic heterocycles. The molecule has 5 nitrogen and oxygen atoms in total. The number of fused-ring (bicyclic) bond motifs is 1. The first-order valence-corrected chi connectivity index (χ1v) is 10.3. The van der Waals surface area contributed by atoms with Crippen molar-refractivity contribution in [2.75, 3.05) is 18.0 Å². The van der Waals surface area contributed by atoms with Crippen LogP contribution in [-0.2, 0) is 12.8 Å². The van der Waals surface area contributed by atoms with Gasteiger partial charge < -0.3 is 14.7 Å². The van der Waals surface area contributed by atoms with Crippen LogP contribution in [0.2, 0.25) is 6.82 Å². The second-order valence-electron chi connectivity index (χ2n) is 7.88. The fourth-order valence-corrected chi connectivity index (χ4v) is 4.75. The molecule has 0 bridgehead atoms. The molecule has 1 saturated heterocycles. The molecule has 0 spiro atoms. The fraction of sp³-hybridized carbons (Fsp3) is 0.524. The van der Waals surface area contributed by atoms with Gasteiger partial charge in [0.05, 0.1) is 0 Å². The topological polar surface area (TPSA) is 52.5 Å². The van der Waals surface area contributed by atoms with Crippen LogP contribution in [0.3, 0.4) is 0 Å². The highest BCUT2D eigenvalue weighted by atomic mass is 16.2. The van der Waals surface area contributed by atoms with E-state index in [1.807, 2.05) is 25.3 Å². The number of piperidine rings is 1. The van der Waals surface area contributed by atoms with Crippen molar-refractivity contribution in [3.05, 3.63) is 53.9 Å². The van der Waals surface area contributed by atoms with E-state index in [1.54, 1.807) is 0 Å². The molecule has 4 rings (SSSR count). The third-order valence-electron chi connectivity index (χ3n) is 6.14. The molecule has 0 saturated carbocycles. The number of hydrogen-bond acceptors (Lipinski definition) is 5. The molecule has 1 atom stereocenters. The van der Waals surface area contributed by atoms with Crippen LogP contribution in [0, 0.1) is 0 Å². The molecular formula is C21H29BN4O. The molecule has 1 aromatic heterocycles. The van der Waals surface area contributed by atoms with Crippen molar-refractivity contribution < 1.29 is 5.02 Å². The van der Waals surface area contributed by atoms with Gasteiger partial charge in [0.1, 0.15) is 0 Å². The van der Waals surface area contributed by atoms with Gasteiger partial charge >= 0.3 is 7.05 Å². The normalized spacial score (nSPS) is 20.4. The van der Waals surface area contributed by atoms with Crippen LogP contribution in [0.1, 0.15) is 36.8 Å². The molecule has 1 unspecified atom stereocenters. The number of hydrogen-bond donors (Lipinski definition) is 1. The van der Waals surface area contributed by atoms with Gasteiger partial charge in [0.15, 0.2) is 0 Å². The number of rotatable bonds is 6. The third-order valence-corrected chi connectivity index (χ3v) is 6.14. The van der Waals surface area contributed by atoms with Gasteiger partial charge in [-0.3, -0.25) is 0 Å². The molecule has 0 amide bonds. The molecule has 1 N–H and O–H groups in total. The van der Waals surface area contributed by atoms with Crippen LogP contribution in [0.5, 0.6) is 0 Å². The zero-order valence-corrected chi connectivity index (χ0v) is 16.2. The van der Waals surface area contributed by atoms with Gasteiger partial charge in [-0.15, -0.1) is 0 Å². The summed E-state index contributed by atoms with van der Waals surface area (Å²) in [6.45, 7) is 3.82. The molecule has 1 aromatic carbocycles. The minimum atomic E-state index is -0.368. The van der Waals surface area contributed by atoms with E-state index < -0.39 is 0 Å². The largest absolute Gasteiger partial charge is 0.437 e. The van der Waals surface area contributed by atoms with Gasteiger partial charge in [-0.2, -0.15) is 0 Å². The standard InChI is InChI=1S/C21H29BN4O/c1-22(27)26-13-5-4-9-19(26)10-14-25(21-23-11-6-12-24-21)20-15-17-7-2-3-8-18(17)16-20/h2-3,6-8,11-12,19-20,27H,4-5,9-10,13-16H2,1H3. The smallest absolute Gasteiger partial charge is 0.376 e. The van der Waals surface area contributed by atoms with Crippen LogP contribution in [-0.4, -0.2) is 52.0 Å². The van der Waals surface area contributed by atoms with E-state index in [4.69, 9.17) is 0 Å². The van der Waals surface area contributed by atoms with Gasteiger partial charge in [0.2, 0.25) is 5.95 Å². The molecule has 142 valence electrons. The molecule has 0 radical (unpaired) electrons. The van der Waals surface area contributed by atoms with Gasteiger partial charge in [0, 0.05) is 31.0 Å². The van der Waals surface area contributed by atoms with E-state index in [2.05, 4.69) is 43.9 Å². The second-order valence-corrected chi connectivity index (χ2v) is 7.88. The second kappa shape index (κ2) is 8.40. The lowest BCUT2D eigenvalue weighted by atomic mass is 9.79. The molecule has 1 aliphatic carbocycles. The summed E-state index contributed by atoms with van der Waals surface area (Å²) in [4.78, 5) is 13.8. The SMILES string of the molecule is CB(O)N1CCCCC1CCN(c1ncccn1)C1Cc2ccccc2C1. The summed E-state index contributed by atoms with van der Waals surface area (Å²) in [6.07, 6.45) is 10.4. The van der Waals surface area contributed by atoms with E-state index >= 15 is 0 Å². The number of nitrogens with zero attached hydrogens (tertiary/aromatic N) is 4. The average molecular weight is 364 g/mol. The van der Waals surface area contributed by atoms with Gasteiger partial charge in [-0.25, -0.2) is 9.97 Å². The van der Waals surface area contributed by atoms with Crippen LogP contribution in [0.25, 0.3) is 0 Å². The van der Waals surface area contributed by atoms with E-state index in [1.165, 1.54) is 30.4 Å². The number of benzene rings is 1. The van der Waals surface area contributed by atoms with Crippen LogP contribution >= 0.6 is 0 Å². The summed E-state index contributed by atoms with van der Waals surface area (Å²) < 4.78 is 0. The Kier molecular flexibility index (Phi) is 5.74. The molecule has 2 aliphatic rings. The van der Waals surface area contributed by atoms with Crippen molar-refractivity contribution >= 4 is 13.0 Å². The molecule has 2 heterocycles. The molecule has 1 fully saturated rings. The van der Waals surface area contributed by atoms with Crippen molar-refractivity contribution in [1.29, 1.82) is 0 Å². The van der Waals surface area contributed by atoms with Gasteiger partial charge in [-0.05, 0) is 62.7 Å². The Balaban J connectivity index is 1.50. The molecule has 6 heteroatoms. The summed E-state index contributed by atoms with van der Waals surface area (Å²) in [7, 11) is -0.368. The van der Waals surface area contributed by atoms with Crippen molar-refractivity contribution in [3.8, 4) is 0 Å². The van der Waals surface area contributed by atoms with E-state index in [0.717, 1.165) is 38.3 Å². The summed E-state index contributed by atoms with van der Waals surface area (Å²) >= 11 is 0. The summed E-state index contributed by atoms with van der Waals surface area (Å²) in [5.74, 6) is 0.828. The monoisotopic (exact) mass is 364 g/mol. The number of aromatic nitrogens is 2. The summed E-state index contributed by atoms with van der Waals surface area (Å²) in [5, 5.41) is 10.1. The van der Waals surface area contributed by atoms with Crippen molar-refractivity contribution in [2.45, 2.75) is 57.4 Å². The van der Waals surface area contributed by atoms with Gasteiger partial charge in [0.25, 0.3) is 0 Å². The Labute approximate surface area is 162 Å². The third kappa shape index (κ3) is 4.17.